The molecule has 0 saturated heterocycles. The molecule has 0 fully saturated rings. The Labute approximate surface area is 171 Å². The van der Waals surface area contributed by atoms with Crippen molar-refractivity contribution in [1.82, 2.24) is 5.32 Å². The van der Waals surface area contributed by atoms with Crippen LogP contribution in [0.15, 0.2) is 84.9 Å². The van der Waals surface area contributed by atoms with E-state index in [1.165, 1.54) is 22.3 Å². The zero-order valence-corrected chi connectivity index (χ0v) is 16.7. The first kappa shape index (κ1) is 18.8. The smallest absolute Gasteiger partial charge is 0.230 e. The predicted molar refractivity (Wildman–Crippen MR) is 117 cm³/mol. The van der Waals surface area contributed by atoms with Crippen molar-refractivity contribution in [3.8, 4) is 0 Å². The van der Waals surface area contributed by atoms with Gasteiger partial charge in [0.15, 0.2) is 0 Å². The van der Waals surface area contributed by atoms with Crippen LogP contribution in [0, 0.1) is 0 Å². The van der Waals surface area contributed by atoms with Gasteiger partial charge < -0.3 is 5.32 Å². The molecular formula is C25H25NOS. The number of hydrogen-bond acceptors (Lipinski definition) is 2. The monoisotopic (exact) mass is 387 g/mol. The van der Waals surface area contributed by atoms with Gasteiger partial charge in [-0.05, 0) is 41.5 Å². The second kappa shape index (κ2) is 9.11. The first-order valence-electron chi connectivity index (χ1n) is 9.90. The maximum atomic E-state index is 12.8. The molecule has 2 nitrogen and oxygen atoms in total. The molecule has 4 rings (SSSR count). The fourth-order valence-corrected chi connectivity index (χ4v) is 5.04. The molecular weight excluding hydrogens is 362 g/mol. The first-order valence-corrected chi connectivity index (χ1v) is 10.9. The van der Waals surface area contributed by atoms with Crippen molar-refractivity contribution in [2.75, 3.05) is 5.75 Å². The molecule has 1 amide bonds. The molecule has 1 aliphatic carbocycles. The van der Waals surface area contributed by atoms with Crippen LogP contribution in [0.1, 0.15) is 46.4 Å². The number of carbonyl (C=O) groups excluding carboxylic acids is 1. The third-order valence-electron chi connectivity index (χ3n) is 5.29. The average Bonchev–Trinajstić information content (AvgIpc) is 2.76. The second-order valence-electron chi connectivity index (χ2n) is 7.22. The quantitative estimate of drug-likeness (QED) is 0.587. The van der Waals surface area contributed by atoms with Gasteiger partial charge in [-0.2, -0.15) is 0 Å². The fourth-order valence-electron chi connectivity index (χ4n) is 3.94. The summed E-state index contributed by atoms with van der Waals surface area (Å²) in [5.74, 6) is 0.566. The van der Waals surface area contributed by atoms with E-state index in [1.807, 2.05) is 12.1 Å². The third-order valence-corrected chi connectivity index (χ3v) is 6.60. The Bertz CT molecular complexity index is 871. The molecule has 3 aromatic rings. The molecule has 28 heavy (non-hydrogen) atoms. The van der Waals surface area contributed by atoms with Crippen LogP contribution >= 0.6 is 11.8 Å². The SMILES string of the molecule is O=C(CSC(c1ccccc1)c1ccccc1)N[C@@H]1CCCc2ccccc21. The van der Waals surface area contributed by atoms with Crippen molar-refractivity contribution in [2.24, 2.45) is 0 Å². The van der Waals surface area contributed by atoms with Gasteiger partial charge in [0.2, 0.25) is 5.91 Å². The molecule has 1 atom stereocenters. The van der Waals surface area contributed by atoms with Crippen LogP contribution in [-0.4, -0.2) is 11.7 Å². The van der Waals surface area contributed by atoms with Crippen LogP contribution in [0.3, 0.4) is 0 Å². The van der Waals surface area contributed by atoms with Crippen molar-refractivity contribution < 1.29 is 4.79 Å². The number of amides is 1. The third kappa shape index (κ3) is 4.48. The van der Waals surface area contributed by atoms with E-state index < -0.39 is 0 Å². The van der Waals surface area contributed by atoms with E-state index in [9.17, 15) is 4.79 Å². The molecule has 0 aromatic heterocycles. The summed E-state index contributed by atoms with van der Waals surface area (Å²) in [6.07, 6.45) is 3.27. The van der Waals surface area contributed by atoms with Crippen LogP contribution in [0.25, 0.3) is 0 Å². The Morgan fingerprint density at radius 3 is 2.18 bits per heavy atom. The van der Waals surface area contributed by atoms with Crippen LogP contribution < -0.4 is 5.32 Å². The van der Waals surface area contributed by atoms with Gasteiger partial charge >= 0.3 is 0 Å². The molecule has 142 valence electrons. The molecule has 0 spiro atoms. The lowest BCUT2D eigenvalue weighted by atomic mass is 9.88. The Hall–Kier alpha value is -2.52. The largest absolute Gasteiger partial charge is 0.349 e. The number of rotatable bonds is 6. The first-order chi connectivity index (χ1) is 13.8. The van der Waals surface area contributed by atoms with Gasteiger partial charge in [0.25, 0.3) is 0 Å². The summed E-state index contributed by atoms with van der Waals surface area (Å²) in [5, 5.41) is 3.43. The standard InChI is InChI=1S/C25H25NOS/c27-24(26-23-17-9-15-19-10-7-8-16-22(19)23)18-28-25(20-11-3-1-4-12-20)21-13-5-2-6-14-21/h1-8,10-14,16,23,25H,9,15,17-18H2,(H,26,27)/t23-/m1/s1. The Balaban J connectivity index is 1.44. The van der Waals surface area contributed by atoms with E-state index in [2.05, 4.69) is 78.1 Å². The molecule has 1 N–H and O–H groups in total. The Morgan fingerprint density at radius 1 is 0.893 bits per heavy atom. The molecule has 0 aliphatic heterocycles. The minimum absolute atomic E-state index is 0.114. The Kier molecular flexibility index (Phi) is 6.13. The van der Waals surface area contributed by atoms with Crippen molar-refractivity contribution in [2.45, 2.75) is 30.6 Å². The van der Waals surface area contributed by atoms with Crippen LogP contribution in [-0.2, 0) is 11.2 Å². The van der Waals surface area contributed by atoms with Gasteiger partial charge in [0.1, 0.15) is 0 Å². The zero-order chi connectivity index (χ0) is 19.2. The lowest BCUT2D eigenvalue weighted by Crippen LogP contribution is -2.32. The highest BCUT2D eigenvalue weighted by molar-refractivity contribution is 8.00. The summed E-state index contributed by atoms with van der Waals surface area (Å²) in [7, 11) is 0. The van der Waals surface area contributed by atoms with Crippen LogP contribution in [0.5, 0.6) is 0 Å². The maximum absolute atomic E-state index is 12.8. The summed E-state index contributed by atoms with van der Waals surface area (Å²) >= 11 is 1.69. The summed E-state index contributed by atoms with van der Waals surface area (Å²) in [6.45, 7) is 0. The summed E-state index contributed by atoms with van der Waals surface area (Å²) in [4.78, 5) is 12.8. The minimum Gasteiger partial charge on any atom is -0.349 e. The van der Waals surface area contributed by atoms with Gasteiger partial charge in [-0.3, -0.25) is 4.79 Å². The summed E-state index contributed by atoms with van der Waals surface area (Å²) in [6, 6.07) is 29.5. The van der Waals surface area contributed by atoms with Crippen molar-refractivity contribution in [3.05, 3.63) is 107 Å². The number of fused-ring (bicyclic) bond motifs is 1. The van der Waals surface area contributed by atoms with Crippen molar-refractivity contribution in [1.29, 1.82) is 0 Å². The van der Waals surface area contributed by atoms with E-state index in [0.717, 1.165) is 19.3 Å². The average molecular weight is 388 g/mol. The number of carbonyl (C=O) groups is 1. The van der Waals surface area contributed by atoms with E-state index in [4.69, 9.17) is 0 Å². The molecule has 0 radical (unpaired) electrons. The van der Waals surface area contributed by atoms with Gasteiger partial charge in [-0.1, -0.05) is 84.9 Å². The normalized spacial score (nSPS) is 15.8. The second-order valence-corrected chi connectivity index (χ2v) is 8.32. The molecule has 3 heteroatoms. The highest BCUT2D eigenvalue weighted by atomic mass is 32.2. The minimum atomic E-state index is 0.114. The van der Waals surface area contributed by atoms with E-state index in [-0.39, 0.29) is 17.2 Å². The molecule has 0 heterocycles. The number of hydrogen-bond donors (Lipinski definition) is 1. The highest BCUT2D eigenvalue weighted by Crippen LogP contribution is 2.36. The van der Waals surface area contributed by atoms with Gasteiger partial charge in [0, 0.05) is 0 Å². The number of aryl methyl sites for hydroxylation is 1. The van der Waals surface area contributed by atoms with Crippen molar-refractivity contribution >= 4 is 17.7 Å². The van der Waals surface area contributed by atoms with E-state index in [1.54, 1.807) is 11.8 Å². The van der Waals surface area contributed by atoms with Gasteiger partial charge in [-0.15, -0.1) is 11.8 Å². The topological polar surface area (TPSA) is 29.1 Å². The summed E-state index contributed by atoms with van der Waals surface area (Å²) in [5.41, 5.74) is 5.12. The molecule has 0 bridgehead atoms. The van der Waals surface area contributed by atoms with Crippen LogP contribution in [0.4, 0.5) is 0 Å². The summed E-state index contributed by atoms with van der Waals surface area (Å²) < 4.78 is 0. The van der Waals surface area contributed by atoms with Crippen molar-refractivity contribution in [3.63, 3.8) is 0 Å². The highest BCUT2D eigenvalue weighted by Gasteiger charge is 2.22. The van der Waals surface area contributed by atoms with E-state index >= 15 is 0 Å². The fraction of sp³-hybridized carbons (Fsp3) is 0.240. The molecule has 3 aromatic carbocycles. The molecule has 0 saturated carbocycles. The zero-order valence-electron chi connectivity index (χ0n) is 15.9. The van der Waals surface area contributed by atoms with Gasteiger partial charge in [-0.25, -0.2) is 0 Å². The maximum Gasteiger partial charge on any atom is 0.230 e. The van der Waals surface area contributed by atoms with E-state index in [0.29, 0.717) is 5.75 Å². The lowest BCUT2D eigenvalue weighted by Gasteiger charge is -2.26. The number of nitrogens with one attached hydrogen (secondary N) is 1. The number of benzene rings is 3. The Morgan fingerprint density at radius 2 is 1.50 bits per heavy atom. The van der Waals surface area contributed by atoms with Gasteiger partial charge in [0.05, 0.1) is 17.0 Å². The number of thioether (sulfide) groups is 1. The lowest BCUT2D eigenvalue weighted by molar-refractivity contribution is -0.119. The van der Waals surface area contributed by atoms with Crippen LogP contribution in [0.2, 0.25) is 0 Å². The predicted octanol–water partition coefficient (Wildman–Crippen LogP) is 5.70. The molecule has 1 aliphatic rings. The molecule has 0 unspecified atom stereocenters.